The average Bonchev–Trinajstić information content (AvgIpc) is 2.20. The fourth-order valence-electron chi connectivity index (χ4n) is 1.69. The van der Waals surface area contributed by atoms with E-state index in [-0.39, 0.29) is 24.9 Å². The lowest BCUT2D eigenvalue weighted by Crippen LogP contribution is -2.50. The summed E-state index contributed by atoms with van der Waals surface area (Å²) in [6.45, 7) is 1.10. The molecule has 1 aliphatic heterocycles. The van der Waals surface area contributed by atoms with E-state index < -0.39 is 0 Å². The van der Waals surface area contributed by atoms with Gasteiger partial charge in [0, 0.05) is 12.2 Å². The second-order valence-electron chi connectivity index (χ2n) is 3.86. The molecule has 5 heteroatoms. The van der Waals surface area contributed by atoms with Gasteiger partial charge in [0.05, 0.1) is 13.1 Å². The van der Waals surface area contributed by atoms with Crippen molar-refractivity contribution in [1.82, 2.24) is 10.2 Å². The van der Waals surface area contributed by atoms with Gasteiger partial charge in [0.2, 0.25) is 11.8 Å². The van der Waals surface area contributed by atoms with E-state index in [0.29, 0.717) is 12.2 Å². The van der Waals surface area contributed by atoms with Crippen molar-refractivity contribution in [2.45, 2.75) is 6.54 Å². The van der Waals surface area contributed by atoms with Gasteiger partial charge in [0.1, 0.15) is 0 Å². The maximum atomic E-state index is 11.1. The standard InChI is InChI=1S/C11H13N3O2/c12-9-3-1-8(2-4-9)5-14-6-10(15)13-11(16)7-14/h1-4H,5-7,12H2,(H,13,15,16). The molecule has 16 heavy (non-hydrogen) atoms. The minimum absolute atomic E-state index is 0.244. The van der Waals surface area contributed by atoms with Crippen LogP contribution in [0.1, 0.15) is 5.56 Å². The first-order valence-electron chi connectivity index (χ1n) is 5.03. The van der Waals surface area contributed by atoms with Crippen LogP contribution >= 0.6 is 0 Å². The summed E-state index contributed by atoms with van der Waals surface area (Å²) in [5, 5.41) is 2.26. The molecule has 1 fully saturated rings. The summed E-state index contributed by atoms with van der Waals surface area (Å²) < 4.78 is 0. The highest BCUT2D eigenvalue weighted by atomic mass is 16.2. The van der Waals surface area contributed by atoms with Gasteiger partial charge in [-0.2, -0.15) is 0 Å². The van der Waals surface area contributed by atoms with E-state index in [2.05, 4.69) is 5.32 Å². The van der Waals surface area contributed by atoms with E-state index >= 15 is 0 Å². The first-order chi connectivity index (χ1) is 7.63. The number of nitrogen functional groups attached to an aromatic ring is 1. The highest BCUT2D eigenvalue weighted by Gasteiger charge is 2.21. The monoisotopic (exact) mass is 219 g/mol. The Bertz CT molecular complexity index is 398. The van der Waals surface area contributed by atoms with Gasteiger partial charge in [-0.3, -0.25) is 19.8 Å². The molecule has 0 radical (unpaired) electrons. The predicted octanol–water partition coefficient (Wildman–Crippen LogP) is -0.273. The number of hydrogen-bond donors (Lipinski definition) is 2. The van der Waals surface area contributed by atoms with Gasteiger partial charge in [0.15, 0.2) is 0 Å². The van der Waals surface area contributed by atoms with Gasteiger partial charge in [-0.1, -0.05) is 12.1 Å². The molecular weight excluding hydrogens is 206 g/mol. The summed E-state index contributed by atoms with van der Waals surface area (Å²) in [7, 11) is 0. The van der Waals surface area contributed by atoms with Crippen LogP contribution in [0.25, 0.3) is 0 Å². The number of anilines is 1. The van der Waals surface area contributed by atoms with Crippen molar-refractivity contribution in [2.75, 3.05) is 18.8 Å². The van der Waals surface area contributed by atoms with E-state index in [0.717, 1.165) is 5.56 Å². The van der Waals surface area contributed by atoms with Crippen LogP contribution in [0.2, 0.25) is 0 Å². The van der Waals surface area contributed by atoms with Crippen LogP contribution in [-0.2, 0) is 16.1 Å². The summed E-state index contributed by atoms with van der Waals surface area (Å²) >= 11 is 0. The lowest BCUT2D eigenvalue weighted by atomic mass is 10.2. The molecule has 1 aromatic rings. The zero-order chi connectivity index (χ0) is 11.5. The number of nitrogens with one attached hydrogen (secondary N) is 1. The second kappa shape index (κ2) is 4.32. The summed E-state index contributed by atoms with van der Waals surface area (Å²) in [5.41, 5.74) is 7.32. The van der Waals surface area contributed by atoms with Gasteiger partial charge in [-0.15, -0.1) is 0 Å². The third-order valence-electron chi connectivity index (χ3n) is 2.40. The van der Waals surface area contributed by atoms with E-state index in [1.165, 1.54) is 0 Å². The van der Waals surface area contributed by atoms with Crippen LogP contribution in [0.4, 0.5) is 5.69 Å². The topological polar surface area (TPSA) is 75.4 Å². The van der Waals surface area contributed by atoms with Crippen LogP contribution in [0.15, 0.2) is 24.3 Å². The maximum absolute atomic E-state index is 11.1. The number of benzene rings is 1. The quantitative estimate of drug-likeness (QED) is 0.530. The largest absolute Gasteiger partial charge is 0.399 e. The van der Waals surface area contributed by atoms with Crippen molar-refractivity contribution in [3.8, 4) is 0 Å². The van der Waals surface area contributed by atoms with Gasteiger partial charge in [0.25, 0.3) is 0 Å². The van der Waals surface area contributed by atoms with E-state index in [1.54, 1.807) is 17.0 Å². The van der Waals surface area contributed by atoms with Crippen molar-refractivity contribution in [3.05, 3.63) is 29.8 Å². The molecule has 0 atom stereocenters. The molecule has 0 unspecified atom stereocenters. The molecule has 1 aromatic carbocycles. The van der Waals surface area contributed by atoms with Gasteiger partial charge in [-0.25, -0.2) is 0 Å². The van der Waals surface area contributed by atoms with Crippen molar-refractivity contribution in [3.63, 3.8) is 0 Å². The number of carbonyl (C=O) groups excluding carboxylic acids is 2. The number of amides is 2. The number of piperazine rings is 1. The zero-order valence-electron chi connectivity index (χ0n) is 8.77. The first-order valence-corrected chi connectivity index (χ1v) is 5.03. The number of imide groups is 1. The van der Waals surface area contributed by atoms with Crippen LogP contribution in [0.5, 0.6) is 0 Å². The Morgan fingerprint density at radius 3 is 2.25 bits per heavy atom. The van der Waals surface area contributed by atoms with Crippen LogP contribution in [-0.4, -0.2) is 29.8 Å². The SMILES string of the molecule is Nc1ccc(CN2CC(=O)NC(=O)C2)cc1. The molecule has 1 heterocycles. The van der Waals surface area contributed by atoms with Crippen molar-refractivity contribution in [1.29, 1.82) is 0 Å². The fraction of sp³-hybridized carbons (Fsp3) is 0.273. The number of nitrogens with zero attached hydrogens (tertiary/aromatic N) is 1. The minimum atomic E-state index is -0.244. The van der Waals surface area contributed by atoms with Gasteiger partial charge < -0.3 is 5.73 Å². The molecule has 0 saturated carbocycles. The molecule has 0 aromatic heterocycles. The average molecular weight is 219 g/mol. The Balaban J connectivity index is 2.01. The molecule has 2 rings (SSSR count). The minimum Gasteiger partial charge on any atom is -0.399 e. The molecule has 2 amide bonds. The van der Waals surface area contributed by atoms with Crippen molar-refractivity contribution < 1.29 is 9.59 Å². The normalized spacial score (nSPS) is 17.2. The van der Waals surface area contributed by atoms with E-state index in [4.69, 9.17) is 5.73 Å². The second-order valence-corrected chi connectivity index (χ2v) is 3.86. The highest BCUT2D eigenvalue weighted by Crippen LogP contribution is 2.09. The Labute approximate surface area is 93.2 Å². The number of carbonyl (C=O) groups is 2. The summed E-state index contributed by atoms with van der Waals surface area (Å²) in [4.78, 5) is 24.1. The van der Waals surface area contributed by atoms with Crippen molar-refractivity contribution in [2.24, 2.45) is 0 Å². The Kier molecular flexibility index (Phi) is 2.87. The lowest BCUT2D eigenvalue weighted by molar-refractivity contribution is -0.136. The lowest BCUT2D eigenvalue weighted by Gasteiger charge is -2.25. The number of nitrogens with two attached hydrogens (primary N) is 1. The third kappa shape index (κ3) is 2.58. The number of hydrogen-bond acceptors (Lipinski definition) is 4. The molecule has 5 nitrogen and oxygen atoms in total. The summed E-state index contributed by atoms with van der Waals surface area (Å²) in [5.74, 6) is -0.488. The van der Waals surface area contributed by atoms with E-state index in [9.17, 15) is 9.59 Å². The summed E-state index contributed by atoms with van der Waals surface area (Å²) in [6, 6.07) is 7.40. The maximum Gasteiger partial charge on any atom is 0.240 e. The number of rotatable bonds is 2. The fourth-order valence-corrected chi connectivity index (χ4v) is 1.69. The molecule has 1 saturated heterocycles. The molecule has 3 N–H and O–H groups in total. The smallest absolute Gasteiger partial charge is 0.240 e. The molecule has 84 valence electrons. The third-order valence-corrected chi connectivity index (χ3v) is 2.40. The van der Waals surface area contributed by atoms with Crippen molar-refractivity contribution >= 4 is 17.5 Å². The van der Waals surface area contributed by atoms with E-state index in [1.807, 2.05) is 12.1 Å². The Morgan fingerprint density at radius 2 is 1.69 bits per heavy atom. The van der Waals surface area contributed by atoms with Crippen LogP contribution < -0.4 is 11.1 Å². The molecule has 1 aliphatic rings. The van der Waals surface area contributed by atoms with Crippen LogP contribution in [0.3, 0.4) is 0 Å². The highest BCUT2D eigenvalue weighted by molar-refractivity contribution is 5.99. The molecule has 0 bridgehead atoms. The Morgan fingerprint density at radius 1 is 1.12 bits per heavy atom. The Hall–Kier alpha value is -1.88. The first kappa shape index (κ1) is 10.6. The van der Waals surface area contributed by atoms with Crippen LogP contribution in [0, 0.1) is 0 Å². The molecule has 0 aliphatic carbocycles. The van der Waals surface area contributed by atoms with Gasteiger partial charge in [-0.05, 0) is 17.7 Å². The molecule has 0 spiro atoms. The molecular formula is C11H13N3O2. The predicted molar refractivity (Wildman–Crippen MR) is 59.3 cm³/mol. The van der Waals surface area contributed by atoms with Gasteiger partial charge >= 0.3 is 0 Å². The summed E-state index contributed by atoms with van der Waals surface area (Å²) in [6.07, 6.45) is 0. The zero-order valence-corrected chi connectivity index (χ0v) is 8.77.